The van der Waals surface area contributed by atoms with Crippen LogP contribution < -0.4 is 0 Å². The van der Waals surface area contributed by atoms with Gasteiger partial charge in [0.25, 0.3) is 0 Å². The van der Waals surface area contributed by atoms with Crippen LogP contribution in [0, 0.1) is 5.82 Å². The molecule has 1 fully saturated rings. The highest BCUT2D eigenvalue weighted by atomic mass is 35.5. The fourth-order valence-electron chi connectivity index (χ4n) is 3.97. The molecule has 1 saturated heterocycles. The topological polar surface area (TPSA) is 54.3 Å². The van der Waals surface area contributed by atoms with E-state index in [1.54, 1.807) is 17.1 Å². The van der Waals surface area contributed by atoms with Crippen LogP contribution >= 0.6 is 11.6 Å². The molecule has 1 atom stereocenters. The molecular formula is C24H25ClFN5O. The molecule has 1 aromatic heterocycles. The van der Waals surface area contributed by atoms with Crippen LogP contribution in [0.2, 0.25) is 5.02 Å². The maximum absolute atomic E-state index is 13.1. The van der Waals surface area contributed by atoms with Gasteiger partial charge in [-0.3, -0.25) is 9.69 Å². The summed E-state index contributed by atoms with van der Waals surface area (Å²) in [6.07, 6.45) is 6.59. The molecule has 1 aliphatic heterocycles. The van der Waals surface area contributed by atoms with Crippen molar-refractivity contribution in [3.05, 3.63) is 88.7 Å². The summed E-state index contributed by atoms with van der Waals surface area (Å²) < 4.78 is 14.8. The summed E-state index contributed by atoms with van der Waals surface area (Å²) >= 11 is 6.17. The Morgan fingerprint density at radius 2 is 2.00 bits per heavy atom. The lowest BCUT2D eigenvalue weighted by Gasteiger charge is -2.39. The van der Waals surface area contributed by atoms with Crippen molar-refractivity contribution < 1.29 is 9.18 Å². The maximum Gasteiger partial charge on any atom is 0.246 e. The number of carbonyl (C=O) groups is 1. The zero-order valence-electron chi connectivity index (χ0n) is 17.9. The molecule has 32 heavy (non-hydrogen) atoms. The molecule has 0 spiro atoms. The van der Waals surface area contributed by atoms with Crippen molar-refractivity contribution in [2.75, 3.05) is 19.6 Å². The first kappa shape index (κ1) is 22.2. The van der Waals surface area contributed by atoms with E-state index in [0.717, 1.165) is 36.3 Å². The number of hydrogen-bond donors (Lipinski definition) is 0. The molecule has 0 N–H and O–H groups in total. The number of nitrogens with zero attached hydrogens (tertiary/aromatic N) is 5. The SMILES string of the molecule is CC1CN(Cc2ccc(F)cc2)CCN1C(=O)/C=C/c1ccc(Cl)cc1Cn1cncn1. The summed E-state index contributed by atoms with van der Waals surface area (Å²) in [4.78, 5) is 21.1. The number of piperazine rings is 1. The van der Waals surface area contributed by atoms with Gasteiger partial charge in [0, 0.05) is 43.3 Å². The Balaban J connectivity index is 1.38. The Morgan fingerprint density at radius 1 is 1.19 bits per heavy atom. The van der Waals surface area contributed by atoms with Crippen LogP contribution in [0.3, 0.4) is 0 Å². The van der Waals surface area contributed by atoms with E-state index in [1.165, 1.54) is 18.5 Å². The highest BCUT2D eigenvalue weighted by molar-refractivity contribution is 6.30. The molecule has 6 nitrogen and oxygen atoms in total. The number of hydrogen-bond acceptors (Lipinski definition) is 4. The van der Waals surface area contributed by atoms with Crippen molar-refractivity contribution in [1.29, 1.82) is 0 Å². The third-order valence-electron chi connectivity index (χ3n) is 5.62. The summed E-state index contributed by atoms with van der Waals surface area (Å²) in [5, 5.41) is 4.78. The van der Waals surface area contributed by atoms with E-state index in [2.05, 4.69) is 21.9 Å². The minimum Gasteiger partial charge on any atom is -0.334 e. The number of carbonyl (C=O) groups excluding carboxylic acids is 1. The van der Waals surface area contributed by atoms with Crippen LogP contribution in [0.25, 0.3) is 6.08 Å². The Hall–Kier alpha value is -3.03. The number of rotatable bonds is 6. The van der Waals surface area contributed by atoms with Crippen molar-refractivity contribution in [3.8, 4) is 0 Å². The van der Waals surface area contributed by atoms with Crippen molar-refractivity contribution in [2.24, 2.45) is 0 Å². The largest absolute Gasteiger partial charge is 0.334 e. The summed E-state index contributed by atoms with van der Waals surface area (Å²) in [5.74, 6) is -0.241. The van der Waals surface area contributed by atoms with Crippen molar-refractivity contribution in [3.63, 3.8) is 0 Å². The zero-order valence-corrected chi connectivity index (χ0v) is 18.6. The fraction of sp³-hybridized carbons (Fsp3) is 0.292. The molecule has 0 aliphatic carbocycles. The van der Waals surface area contributed by atoms with Gasteiger partial charge in [0.2, 0.25) is 5.91 Å². The van der Waals surface area contributed by atoms with Crippen molar-refractivity contribution in [1.82, 2.24) is 24.6 Å². The third kappa shape index (κ3) is 5.60. The Bertz CT molecular complexity index is 1080. The molecule has 2 aromatic carbocycles. The normalized spacial score (nSPS) is 17.2. The van der Waals surface area contributed by atoms with E-state index >= 15 is 0 Å². The third-order valence-corrected chi connectivity index (χ3v) is 5.86. The fourth-order valence-corrected chi connectivity index (χ4v) is 4.17. The van der Waals surface area contributed by atoms with Gasteiger partial charge in [-0.15, -0.1) is 0 Å². The standard InChI is InChI=1S/C24H25ClFN5O/c1-18-13-29(14-19-2-7-23(26)8-3-19)10-11-31(18)24(32)9-5-20-4-6-22(25)12-21(20)15-30-17-27-16-28-30/h2-9,12,16-18H,10-11,13-15H2,1H3/b9-5+. The highest BCUT2D eigenvalue weighted by Crippen LogP contribution is 2.19. The minimum atomic E-state index is -0.227. The smallest absolute Gasteiger partial charge is 0.246 e. The molecule has 1 aliphatic rings. The number of halogens is 2. The van der Waals surface area contributed by atoms with Crippen LogP contribution in [-0.2, 0) is 17.9 Å². The second kappa shape index (κ2) is 10.1. The lowest BCUT2D eigenvalue weighted by atomic mass is 10.1. The van der Waals surface area contributed by atoms with E-state index in [9.17, 15) is 9.18 Å². The summed E-state index contributed by atoms with van der Waals surface area (Å²) in [6, 6.07) is 12.3. The molecule has 8 heteroatoms. The van der Waals surface area contributed by atoms with Gasteiger partial charge in [-0.1, -0.05) is 29.8 Å². The maximum atomic E-state index is 13.1. The second-order valence-corrected chi connectivity index (χ2v) is 8.45. The van der Waals surface area contributed by atoms with Gasteiger partial charge in [0.05, 0.1) is 6.54 Å². The van der Waals surface area contributed by atoms with Gasteiger partial charge in [0.1, 0.15) is 18.5 Å². The molecule has 1 amide bonds. The molecule has 1 unspecified atom stereocenters. The first-order valence-electron chi connectivity index (χ1n) is 10.5. The number of amides is 1. The average Bonchev–Trinajstić information content (AvgIpc) is 3.28. The molecule has 0 saturated carbocycles. The van der Waals surface area contributed by atoms with E-state index in [4.69, 9.17) is 11.6 Å². The second-order valence-electron chi connectivity index (χ2n) is 8.01. The van der Waals surface area contributed by atoms with Crippen LogP contribution in [0.15, 0.2) is 61.2 Å². The summed E-state index contributed by atoms with van der Waals surface area (Å²) in [7, 11) is 0. The first-order valence-corrected chi connectivity index (χ1v) is 10.9. The Labute approximate surface area is 191 Å². The predicted octanol–water partition coefficient (Wildman–Crippen LogP) is 3.87. The zero-order chi connectivity index (χ0) is 22.5. The number of aromatic nitrogens is 3. The van der Waals surface area contributed by atoms with Gasteiger partial charge in [0.15, 0.2) is 0 Å². The number of benzene rings is 2. The molecule has 2 heterocycles. The van der Waals surface area contributed by atoms with Gasteiger partial charge >= 0.3 is 0 Å². The lowest BCUT2D eigenvalue weighted by Crippen LogP contribution is -2.53. The van der Waals surface area contributed by atoms with Crippen molar-refractivity contribution >= 4 is 23.6 Å². The van der Waals surface area contributed by atoms with Crippen LogP contribution in [0.1, 0.15) is 23.6 Å². The summed E-state index contributed by atoms with van der Waals surface area (Å²) in [5.41, 5.74) is 2.95. The van der Waals surface area contributed by atoms with Gasteiger partial charge in [-0.2, -0.15) is 5.10 Å². The van der Waals surface area contributed by atoms with Gasteiger partial charge < -0.3 is 4.90 Å². The van der Waals surface area contributed by atoms with Crippen LogP contribution in [0.4, 0.5) is 4.39 Å². The van der Waals surface area contributed by atoms with Crippen molar-refractivity contribution in [2.45, 2.75) is 26.1 Å². The monoisotopic (exact) mass is 453 g/mol. The molecule has 166 valence electrons. The molecular weight excluding hydrogens is 429 g/mol. The highest BCUT2D eigenvalue weighted by Gasteiger charge is 2.26. The van der Waals surface area contributed by atoms with Gasteiger partial charge in [-0.05, 0) is 54.0 Å². The van der Waals surface area contributed by atoms with Crippen LogP contribution in [-0.4, -0.2) is 56.1 Å². The average molecular weight is 454 g/mol. The molecule has 0 radical (unpaired) electrons. The van der Waals surface area contributed by atoms with Crippen LogP contribution in [0.5, 0.6) is 0 Å². The van der Waals surface area contributed by atoms with Gasteiger partial charge in [-0.25, -0.2) is 14.1 Å². The Morgan fingerprint density at radius 3 is 2.72 bits per heavy atom. The molecule has 0 bridgehead atoms. The van der Waals surface area contributed by atoms with E-state index in [1.807, 2.05) is 41.3 Å². The van der Waals surface area contributed by atoms with E-state index in [0.29, 0.717) is 18.1 Å². The molecule has 3 aromatic rings. The Kier molecular flexibility index (Phi) is 6.97. The quantitative estimate of drug-likeness (QED) is 0.532. The predicted molar refractivity (Wildman–Crippen MR) is 122 cm³/mol. The summed E-state index contributed by atoms with van der Waals surface area (Å²) in [6.45, 7) is 5.53. The first-order chi connectivity index (χ1) is 15.5. The van der Waals surface area contributed by atoms with E-state index in [-0.39, 0.29) is 17.8 Å². The minimum absolute atomic E-state index is 0.0133. The van der Waals surface area contributed by atoms with E-state index < -0.39 is 0 Å². The lowest BCUT2D eigenvalue weighted by molar-refractivity contribution is -0.130. The molecule has 4 rings (SSSR count).